The third-order valence-electron chi connectivity index (χ3n) is 3.72. The van der Waals surface area contributed by atoms with Gasteiger partial charge < -0.3 is 14.4 Å². The third-order valence-corrected chi connectivity index (χ3v) is 3.72. The van der Waals surface area contributed by atoms with Gasteiger partial charge in [0, 0.05) is 5.39 Å². The fraction of sp³-hybridized carbons (Fsp3) is 0.176. The average Bonchev–Trinajstić information content (AvgIpc) is 2.50. The fourth-order valence-corrected chi connectivity index (χ4v) is 2.77. The Hall–Kier alpha value is -2.82. The van der Waals surface area contributed by atoms with Gasteiger partial charge in [-0.15, -0.1) is 0 Å². The Morgan fingerprint density at radius 2 is 2.00 bits per heavy atom. The number of aliphatic carboxylic acids is 1. The summed E-state index contributed by atoms with van der Waals surface area (Å²) >= 11 is 0. The number of pyridine rings is 1. The first-order valence-electron chi connectivity index (χ1n) is 6.84. The molecule has 0 bridgehead atoms. The quantitative estimate of drug-likeness (QED) is 0.754. The van der Waals surface area contributed by atoms with Crippen molar-refractivity contribution in [2.45, 2.75) is 13.5 Å². The topological polar surface area (TPSA) is 68.5 Å². The Kier molecular flexibility index (Phi) is 3.33. The summed E-state index contributed by atoms with van der Waals surface area (Å²) in [6, 6.07) is 10.6. The van der Waals surface area contributed by atoms with Crippen LogP contribution in [0.4, 0.5) is 0 Å². The van der Waals surface area contributed by atoms with E-state index in [-0.39, 0.29) is 12.0 Å². The molecule has 0 radical (unpaired) electrons. The highest BCUT2D eigenvalue weighted by Crippen LogP contribution is 2.26. The van der Waals surface area contributed by atoms with Gasteiger partial charge in [-0.1, -0.05) is 12.1 Å². The van der Waals surface area contributed by atoms with E-state index in [2.05, 4.69) is 0 Å². The van der Waals surface area contributed by atoms with E-state index in [1.165, 1.54) is 7.11 Å². The Bertz CT molecular complexity index is 956. The number of aryl methyl sites for hydroxylation is 1. The summed E-state index contributed by atoms with van der Waals surface area (Å²) in [5, 5.41) is 10.1. The van der Waals surface area contributed by atoms with Crippen molar-refractivity contribution in [2.75, 3.05) is 7.11 Å². The molecular formula is C17H15NO4. The highest BCUT2D eigenvalue weighted by molar-refractivity contribution is 5.97. The number of carbonyl (C=O) groups is 1. The van der Waals surface area contributed by atoms with Crippen LogP contribution in [-0.4, -0.2) is 22.8 Å². The lowest BCUT2D eigenvalue weighted by Crippen LogP contribution is -2.16. The van der Waals surface area contributed by atoms with Crippen molar-refractivity contribution in [2.24, 2.45) is 0 Å². The molecule has 0 atom stereocenters. The van der Waals surface area contributed by atoms with Crippen LogP contribution in [0.15, 0.2) is 41.2 Å². The predicted molar refractivity (Wildman–Crippen MR) is 84.6 cm³/mol. The Labute approximate surface area is 126 Å². The van der Waals surface area contributed by atoms with Crippen LogP contribution in [0.25, 0.3) is 21.8 Å². The smallest absolute Gasteiger partial charge is 0.323 e. The molecule has 3 rings (SSSR count). The average molecular weight is 297 g/mol. The maximum atomic E-state index is 12.8. The molecule has 0 unspecified atom stereocenters. The van der Waals surface area contributed by atoms with Crippen LogP contribution in [-0.2, 0) is 11.3 Å². The van der Waals surface area contributed by atoms with Crippen molar-refractivity contribution >= 4 is 27.8 Å². The highest BCUT2D eigenvalue weighted by atomic mass is 16.5. The first-order chi connectivity index (χ1) is 10.5. The summed E-state index contributed by atoms with van der Waals surface area (Å²) in [5.41, 5.74) is 2.00. The molecule has 1 N–H and O–H groups in total. The standard InChI is InChI=1S/C17H15NO4/c1-10-6-7-11-13(8-10)18(9-15(19)20)12-4-3-5-14(22-2)16(12)17(11)21/h3-8H,9H2,1-2H3,(H,19,20). The Morgan fingerprint density at radius 3 is 2.68 bits per heavy atom. The maximum Gasteiger partial charge on any atom is 0.323 e. The van der Waals surface area contributed by atoms with E-state index < -0.39 is 5.97 Å². The number of carboxylic acids is 1. The molecule has 3 aromatic rings. The molecule has 0 amide bonds. The summed E-state index contributed by atoms with van der Waals surface area (Å²) in [5.74, 6) is -0.514. The molecule has 0 aliphatic rings. The monoisotopic (exact) mass is 297 g/mol. The van der Waals surface area contributed by atoms with Gasteiger partial charge in [-0.2, -0.15) is 0 Å². The van der Waals surface area contributed by atoms with Gasteiger partial charge in [-0.05, 0) is 36.8 Å². The molecule has 1 aromatic heterocycles. The minimum absolute atomic E-state index is 0.149. The lowest BCUT2D eigenvalue weighted by Gasteiger charge is -2.15. The molecule has 22 heavy (non-hydrogen) atoms. The number of hydrogen-bond donors (Lipinski definition) is 1. The van der Waals surface area contributed by atoms with Crippen molar-refractivity contribution in [1.29, 1.82) is 0 Å². The molecule has 0 saturated carbocycles. The number of methoxy groups -OCH3 is 1. The van der Waals surface area contributed by atoms with Crippen LogP contribution >= 0.6 is 0 Å². The number of benzene rings is 2. The van der Waals surface area contributed by atoms with Crippen molar-refractivity contribution in [3.63, 3.8) is 0 Å². The van der Waals surface area contributed by atoms with Gasteiger partial charge in [0.25, 0.3) is 0 Å². The van der Waals surface area contributed by atoms with Gasteiger partial charge in [-0.25, -0.2) is 0 Å². The predicted octanol–water partition coefficient (Wildman–Crippen LogP) is 2.56. The lowest BCUT2D eigenvalue weighted by molar-refractivity contribution is -0.137. The van der Waals surface area contributed by atoms with Gasteiger partial charge in [0.2, 0.25) is 5.43 Å². The summed E-state index contributed by atoms with van der Waals surface area (Å²) in [4.78, 5) is 24.0. The summed E-state index contributed by atoms with van der Waals surface area (Å²) < 4.78 is 6.92. The summed E-state index contributed by atoms with van der Waals surface area (Å²) in [6.07, 6.45) is 0. The molecule has 0 aliphatic heterocycles. The number of fused-ring (bicyclic) bond motifs is 2. The minimum Gasteiger partial charge on any atom is -0.496 e. The zero-order valence-corrected chi connectivity index (χ0v) is 12.3. The van der Waals surface area contributed by atoms with Gasteiger partial charge in [0.05, 0.1) is 23.5 Å². The maximum absolute atomic E-state index is 12.8. The number of ether oxygens (including phenoxy) is 1. The Morgan fingerprint density at radius 1 is 1.23 bits per heavy atom. The second-order valence-corrected chi connectivity index (χ2v) is 5.18. The van der Waals surface area contributed by atoms with E-state index in [0.29, 0.717) is 27.6 Å². The van der Waals surface area contributed by atoms with Gasteiger partial charge >= 0.3 is 5.97 Å². The minimum atomic E-state index is -0.962. The molecule has 1 heterocycles. The molecule has 5 nitrogen and oxygen atoms in total. The molecule has 2 aromatic carbocycles. The molecule has 0 fully saturated rings. The zero-order valence-electron chi connectivity index (χ0n) is 12.3. The Balaban J connectivity index is 2.59. The van der Waals surface area contributed by atoms with E-state index in [1.807, 2.05) is 19.1 Å². The van der Waals surface area contributed by atoms with E-state index in [0.717, 1.165) is 5.56 Å². The van der Waals surface area contributed by atoms with Crippen LogP contribution in [0.3, 0.4) is 0 Å². The van der Waals surface area contributed by atoms with Gasteiger partial charge in [-0.3, -0.25) is 9.59 Å². The molecule has 112 valence electrons. The van der Waals surface area contributed by atoms with Crippen molar-refractivity contribution < 1.29 is 14.6 Å². The summed E-state index contributed by atoms with van der Waals surface area (Å²) in [6.45, 7) is 1.69. The molecule has 0 spiro atoms. The number of hydrogen-bond acceptors (Lipinski definition) is 3. The van der Waals surface area contributed by atoms with Crippen LogP contribution in [0.1, 0.15) is 5.56 Å². The third kappa shape index (κ3) is 2.11. The van der Waals surface area contributed by atoms with Crippen molar-refractivity contribution in [1.82, 2.24) is 4.57 Å². The van der Waals surface area contributed by atoms with E-state index in [9.17, 15) is 14.7 Å². The van der Waals surface area contributed by atoms with Gasteiger partial charge in [0.1, 0.15) is 12.3 Å². The van der Waals surface area contributed by atoms with Crippen LogP contribution < -0.4 is 10.2 Å². The van der Waals surface area contributed by atoms with Crippen LogP contribution in [0, 0.1) is 6.92 Å². The second-order valence-electron chi connectivity index (χ2n) is 5.18. The van der Waals surface area contributed by atoms with Crippen molar-refractivity contribution in [3.8, 4) is 5.75 Å². The zero-order chi connectivity index (χ0) is 15.9. The van der Waals surface area contributed by atoms with E-state index in [4.69, 9.17) is 4.74 Å². The fourth-order valence-electron chi connectivity index (χ4n) is 2.77. The van der Waals surface area contributed by atoms with Gasteiger partial charge in [0.15, 0.2) is 0 Å². The molecule has 0 aliphatic carbocycles. The normalized spacial score (nSPS) is 11.0. The van der Waals surface area contributed by atoms with E-state index in [1.54, 1.807) is 28.8 Å². The van der Waals surface area contributed by atoms with Crippen LogP contribution in [0.5, 0.6) is 5.75 Å². The second kappa shape index (κ2) is 5.18. The number of aromatic nitrogens is 1. The highest BCUT2D eigenvalue weighted by Gasteiger charge is 2.15. The lowest BCUT2D eigenvalue weighted by atomic mass is 10.1. The largest absolute Gasteiger partial charge is 0.496 e. The number of carboxylic acid groups (broad SMARTS) is 1. The van der Waals surface area contributed by atoms with Crippen molar-refractivity contribution in [3.05, 3.63) is 52.2 Å². The number of nitrogens with zero attached hydrogens (tertiary/aromatic N) is 1. The molecular weight excluding hydrogens is 282 g/mol. The first kappa shape index (κ1) is 14.1. The van der Waals surface area contributed by atoms with E-state index >= 15 is 0 Å². The molecule has 0 saturated heterocycles. The summed E-state index contributed by atoms with van der Waals surface area (Å²) in [7, 11) is 1.50. The molecule has 5 heteroatoms. The van der Waals surface area contributed by atoms with Crippen LogP contribution in [0.2, 0.25) is 0 Å². The SMILES string of the molecule is COc1cccc2c1c(=O)c1ccc(C)cc1n2CC(=O)O. The number of rotatable bonds is 3. The first-order valence-corrected chi connectivity index (χ1v) is 6.84.